The van der Waals surface area contributed by atoms with E-state index in [9.17, 15) is 14.4 Å². The van der Waals surface area contributed by atoms with E-state index < -0.39 is 0 Å². The van der Waals surface area contributed by atoms with E-state index in [1.165, 1.54) is 6.07 Å². The molecule has 2 unspecified atom stereocenters. The topological polar surface area (TPSA) is 92.6 Å². The summed E-state index contributed by atoms with van der Waals surface area (Å²) in [5.41, 5.74) is 0.448. The average molecular weight is 469 g/mol. The van der Waals surface area contributed by atoms with Crippen LogP contribution < -0.4 is 5.56 Å². The molecule has 2 aromatic rings. The van der Waals surface area contributed by atoms with Gasteiger partial charge in [-0.3, -0.25) is 9.59 Å². The molecule has 1 fully saturated rings. The zero-order chi connectivity index (χ0) is 22.4. The minimum Gasteiger partial charge on any atom is -0.445 e. The van der Waals surface area contributed by atoms with E-state index >= 15 is 0 Å². The molecule has 1 aliphatic heterocycles. The van der Waals surface area contributed by atoms with Gasteiger partial charge in [0.15, 0.2) is 0 Å². The molecule has 1 aliphatic rings. The number of halogens is 2. The molecule has 1 amide bonds. The van der Waals surface area contributed by atoms with Crippen LogP contribution in [0.1, 0.15) is 50.4 Å². The van der Waals surface area contributed by atoms with Crippen LogP contribution >= 0.6 is 23.2 Å². The van der Waals surface area contributed by atoms with Crippen molar-refractivity contribution in [2.24, 2.45) is 5.92 Å². The summed E-state index contributed by atoms with van der Waals surface area (Å²) in [4.78, 5) is 37.4. The van der Waals surface area contributed by atoms with Crippen molar-refractivity contribution in [3.63, 3.8) is 0 Å². The first-order valence-corrected chi connectivity index (χ1v) is 11.1. The van der Waals surface area contributed by atoms with Crippen LogP contribution in [0.5, 0.6) is 0 Å². The summed E-state index contributed by atoms with van der Waals surface area (Å²) in [5, 5.41) is 3.22. The van der Waals surface area contributed by atoms with Gasteiger partial charge < -0.3 is 14.2 Å². The Bertz CT molecular complexity index is 951. The van der Waals surface area contributed by atoms with Gasteiger partial charge in [-0.1, -0.05) is 23.2 Å². The molecule has 0 bridgehead atoms. The maximum Gasteiger partial charge on any atom is 0.410 e. The third-order valence-corrected chi connectivity index (χ3v) is 6.00. The second-order valence-corrected chi connectivity index (χ2v) is 8.89. The fourth-order valence-corrected chi connectivity index (χ4v) is 4.49. The van der Waals surface area contributed by atoms with Gasteiger partial charge in [0.25, 0.3) is 5.56 Å². The highest BCUT2D eigenvalue weighted by molar-refractivity contribution is 6.34. The smallest absolute Gasteiger partial charge is 0.410 e. The molecule has 0 saturated carbocycles. The third-order valence-electron chi connectivity index (χ3n) is 5.56. The predicted molar refractivity (Wildman–Crippen MR) is 117 cm³/mol. The number of Topliss-reactive ketones (excluding diaryl/α,β-unsaturated/α-hetero) is 1. The number of hydrogen-bond acceptors (Lipinski definition) is 5. The quantitative estimate of drug-likeness (QED) is 0.588. The Morgan fingerprint density at radius 2 is 1.94 bits per heavy atom. The molecule has 1 saturated heterocycles. The lowest BCUT2D eigenvalue weighted by Gasteiger charge is -2.37. The molecule has 0 spiro atoms. The first-order valence-electron chi connectivity index (χ1n) is 10.4. The number of amides is 1. The summed E-state index contributed by atoms with van der Waals surface area (Å²) in [7, 11) is 0. The van der Waals surface area contributed by atoms with E-state index in [0.717, 1.165) is 24.8 Å². The van der Waals surface area contributed by atoms with Crippen molar-refractivity contribution in [2.75, 3.05) is 6.54 Å². The number of carbonyl (C=O) groups is 2. The van der Waals surface area contributed by atoms with Gasteiger partial charge in [0.1, 0.15) is 18.2 Å². The molecule has 9 heteroatoms. The van der Waals surface area contributed by atoms with E-state index in [1.807, 2.05) is 6.92 Å². The highest BCUT2D eigenvalue weighted by Gasteiger charge is 2.30. The summed E-state index contributed by atoms with van der Waals surface area (Å²) < 4.78 is 10.4. The standard InChI is InChI=1S/C22H26Cl2N2O5/c1-14-8-15(2-3-19(27)4-5-20-12-21(28)25-31-20)6-7-26(14)22(29)30-13-16-9-17(23)11-18(24)10-16/h9-12,14-15H,2-8,13H2,1H3,(H,25,28). The van der Waals surface area contributed by atoms with Gasteiger partial charge >= 0.3 is 6.09 Å². The van der Waals surface area contributed by atoms with Crippen molar-refractivity contribution in [1.82, 2.24) is 10.1 Å². The molecule has 0 radical (unpaired) electrons. The number of nitrogens with one attached hydrogen (secondary N) is 1. The number of nitrogens with zero attached hydrogens (tertiary/aromatic N) is 1. The number of aryl methyl sites for hydroxylation is 1. The maximum atomic E-state index is 12.5. The summed E-state index contributed by atoms with van der Waals surface area (Å²) >= 11 is 12.0. The zero-order valence-electron chi connectivity index (χ0n) is 17.4. The van der Waals surface area contributed by atoms with Gasteiger partial charge in [0.2, 0.25) is 0 Å². The summed E-state index contributed by atoms with van der Waals surface area (Å²) in [6, 6.07) is 6.47. The Morgan fingerprint density at radius 3 is 2.58 bits per heavy atom. The van der Waals surface area contributed by atoms with Gasteiger partial charge in [-0.05, 0) is 55.9 Å². The Kier molecular flexibility index (Phi) is 8.21. The van der Waals surface area contributed by atoms with Gasteiger partial charge in [-0.25, -0.2) is 4.79 Å². The molecular formula is C22H26Cl2N2O5. The van der Waals surface area contributed by atoms with Crippen LogP contribution in [0.15, 0.2) is 33.6 Å². The number of ether oxygens (including phenoxy) is 1. The molecule has 1 aromatic heterocycles. The molecule has 2 heterocycles. The number of hydrogen-bond donors (Lipinski definition) is 1. The highest BCUT2D eigenvalue weighted by Crippen LogP contribution is 2.28. The minimum atomic E-state index is -0.355. The number of aromatic amines is 1. The third kappa shape index (κ3) is 7.14. The second-order valence-electron chi connectivity index (χ2n) is 8.02. The monoisotopic (exact) mass is 468 g/mol. The van der Waals surface area contributed by atoms with Crippen LogP contribution in [0.4, 0.5) is 4.79 Å². The van der Waals surface area contributed by atoms with Crippen LogP contribution in [0.25, 0.3) is 0 Å². The molecule has 7 nitrogen and oxygen atoms in total. The van der Waals surface area contributed by atoms with Gasteiger partial charge in [0.05, 0.1) is 0 Å². The minimum absolute atomic E-state index is 0.0402. The first kappa shape index (κ1) is 23.4. The fraction of sp³-hybridized carbons (Fsp3) is 0.500. The van der Waals surface area contributed by atoms with Crippen LogP contribution in [-0.2, 0) is 22.6 Å². The van der Waals surface area contributed by atoms with Crippen molar-refractivity contribution in [3.8, 4) is 0 Å². The zero-order valence-corrected chi connectivity index (χ0v) is 18.9. The summed E-state index contributed by atoms with van der Waals surface area (Å²) in [6.45, 7) is 2.71. The number of rotatable bonds is 8. The predicted octanol–water partition coefficient (Wildman–Crippen LogP) is 4.99. The summed E-state index contributed by atoms with van der Waals surface area (Å²) in [6.07, 6.45) is 3.38. The maximum absolute atomic E-state index is 12.5. The number of carbonyl (C=O) groups excluding carboxylic acids is 2. The molecule has 1 N–H and O–H groups in total. The number of likely N-dealkylation sites (tertiary alicyclic amines) is 1. The van der Waals surface area contributed by atoms with Crippen molar-refractivity contribution in [3.05, 3.63) is 56.0 Å². The van der Waals surface area contributed by atoms with E-state index in [4.69, 9.17) is 32.5 Å². The number of ketones is 1. The highest BCUT2D eigenvalue weighted by atomic mass is 35.5. The van der Waals surface area contributed by atoms with Crippen molar-refractivity contribution < 1.29 is 18.8 Å². The lowest BCUT2D eigenvalue weighted by atomic mass is 9.87. The Hall–Kier alpha value is -2.25. The van der Waals surface area contributed by atoms with E-state index in [2.05, 4.69) is 5.16 Å². The van der Waals surface area contributed by atoms with E-state index in [1.54, 1.807) is 23.1 Å². The Labute approximate surface area is 190 Å². The van der Waals surface area contributed by atoms with E-state index in [-0.39, 0.29) is 30.1 Å². The molecular weight excluding hydrogens is 443 g/mol. The first-order chi connectivity index (χ1) is 14.8. The number of H-pyrrole nitrogens is 1. The fourth-order valence-electron chi connectivity index (χ4n) is 3.92. The second kappa shape index (κ2) is 10.9. The van der Waals surface area contributed by atoms with Crippen molar-refractivity contribution in [1.29, 1.82) is 0 Å². The summed E-state index contributed by atoms with van der Waals surface area (Å²) in [5.74, 6) is 1.04. The average Bonchev–Trinajstić information content (AvgIpc) is 3.13. The molecule has 3 rings (SSSR count). The molecule has 1 aromatic carbocycles. The Balaban J connectivity index is 1.38. The van der Waals surface area contributed by atoms with Crippen LogP contribution in [-0.4, -0.2) is 34.5 Å². The van der Waals surface area contributed by atoms with Crippen LogP contribution in [0.3, 0.4) is 0 Å². The van der Waals surface area contributed by atoms with Crippen molar-refractivity contribution in [2.45, 2.75) is 58.1 Å². The molecule has 31 heavy (non-hydrogen) atoms. The van der Waals surface area contributed by atoms with Crippen LogP contribution in [0, 0.1) is 5.92 Å². The Morgan fingerprint density at radius 1 is 1.19 bits per heavy atom. The normalized spacial score (nSPS) is 18.7. The van der Waals surface area contributed by atoms with Gasteiger partial charge in [-0.15, -0.1) is 0 Å². The lowest BCUT2D eigenvalue weighted by Crippen LogP contribution is -2.44. The van der Waals surface area contributed by atoms with Gasteiger partial charge in [-0.2, -0.15) is 5.16 Å². The number of benzene rings is 1. The van der Waals surface area contributed by atoms with Crippen LogP contribution in [0.2, 0.25) is 10.0 Å². The molecule has 168 valence electrons. The largest absolute Gasteiger partial charge is 0.445 e. The number of aromatic nitrogens is 1. The molecule has 0 aliphatic carbocycles. The van der Waals surface area contributed by atoms with Gasteiger partial charge in [0, 0.05) is 48.0 Å². The number of piperidine rings is 1. The SMILES string of the molecule is CC1CC(CCC(=O)CCc2cc(=O)[nH]o2)CCN1C(=O)OCc1cc(Cl)cc(Cl)c1. The van der Waals surface area contributed by atoms with Crippen molar-refractivity contribution >= 4 is 35.1 Å². The van der Waals surface area contributed by atoms with E-state index in [0.29, 0.717) is 47.5 Å². The lowest BCUT2D eigenvalue weighted by molar-refractivity contribution is -0.119. The molecule has 2 atom stereocenters.